The first-order valence-corrected chi connectivity index (χ1v) is 6.01. The quantitative estimate of drug-likeness (QED) is 0.569. The fourth-order valence-electron chi connectivity index (χ4n) is 1.65. The summed E-state index contributed by atoms with van der Waals surface area (Å²) in [4.78, 5) is -0.107. The minimum Gasteiger partial charge on any atom is -1.00 e. The standard InChI is InChI=1S/C11H10O4S.Na.H/c1-15-10-6-7-11(16(12,13)14)9-5-3-2-4-8(9)10;;/h2-7H,1H3,(H,12,13,14);;/q;+1;-1. The number of fused-ring (bicyclic) bond motifs is 1. The maximum absolute atomic E-state index is 11.2. The van der Waals surface area contributed by atoms with Crippen LogP contribution in [0.3, 0.4) is 0 Å². The number of ether oxygens (including phenoxy) is 1. The summed E-state index contributed by atoms with van der Waals surface area (Å²) in [5.74, 6) is 0.572. The number of rotatable bonds is 2. The Bertz CT molecular complexity index is 643. The van der Waals surface area contributed by atoms with E-state index in [1.54, 1.807) is 24.3 Å². The summed E-state index contributed by atoms with van der Waals surface area (Å²) in [5.41, 5.74) is 0. The van der Waals surface area contributed by atoms with Crippen LogP contribution in [-0.2, 0) is 10.1 Å². The Morgan fingerprint density at radius 1 is 1.12 bits per heavy atom. The molecule has 0 aliphatic rings. The Kier molecular flexibility index (Phi) is 4.57. The average molecular weight is 262 g/mol. The van der Waals surface area contributed by atoms with E-state index >= 15 is 0 Å². The van der Waals surface area contributed by atoms with Crippen molar-refractivity contribution in [1.82, 2.24) is 0 Å². The van der Waals surface area contributed by atoms with Gasteiger partial charge in [0.1, 0.15) is 10.6 Å². The first-order valence-electron chi connectivity index (χ1n) is 4.57. The van der Waals surface area contributed by atoms with Gasteiger partial charge in [0.15, 0.2) is 0 Å². The summed E-state index contributed by atoms with van der Waals surface area (Å²) in [6, 6.07) is 9.70. The molecule has 4 nitrogen and oxygen atoms in total. The Balaban J connectivity index is 0.00000144. The van der Waals surface area contributed by atoms with Crippen molar-refractivity contribution < 1.29 is 48.7 Å². The van der Waals surface area contributed by atoms with Gasteiger partial charge in [-0.1, -0.05) is 24.3 Å². The third-order valence-corrected chi connectivity index (χ3v) is 3.25. The molecule has 0 saturated carbocycles. The van der Waals surface area contributed by atoms with Crippen LogP contribution in [0, 0.1) is 0 Å². The van der Waals surface area contributed by atoms with Gasteiger partial charge in [-0.25, -0.2) is 0 Å². The van der Waals surface area contributed by atoms with Crippen molar-refractivity contribution in [2.24, 2.45) is 0 Å². The molecule has 2 aromatic carbocycles. The fraction of sp³-hybridized carbons (Fsp3) is 0.0909. The van der Waals surface area contributed by atoms with E-state index in [1.165, 1.54) is 19.2 Å². The monoisotopic (exact) mass is 262 g/mol. The van der Waals surface area contributed by atoms with Crippen molar-refractivity contribution in [2.45, 2.75) is 4.90 Å². The van der Waals surface area contributed by atoms with Crippen molar-refractivity contribution in [1.29, 1.82) is 0 Å². The Morgan fingerprint density at radius 3 is 2.24 bits per heavy atom. The van der Waals surface area contributed by atoms with Gasteiger partial charge in [-0.15, -0.1) is 0 Å². The summed E-state index contributed by atoms with van der Waals surface area (Å²) < 4.78 is 36.5. The maximum atomic E-state index is 11.2. The number of hydrogen-bond acceptors (Lipinski definition) is 3. The van der Waals surface area contributed by atoms with Crippen LogP contribution in [0.15, 0.2) is 41.3 Å². The minimum absolute atomic E-state index is 0. The molecular weight excluding hydrogens is 251 g/mol. The van der Waals surface area contributed by atoms with Crippen LogP contribution in [0.1, 0.15) is 1.43 Å². The van der Waals surface area contributed by atoms with Crippen LogP contribution in [0.4, 0.5) is 0 Å². The molecule has 2 rings (SSSR count). The topological polar surface area (TPSA) is 63.6 Å². The molecule has 86 valence electrons. The molecule has 0 atom stereocenters. The minimum atomic E-state index is -4.21. The molecule has 6 heteroatoms. The molecule has 0 heterocycles. The second-order valence-electron chi connectivity index (χ2n) is 3.29. The average Bonchev–Trinajstić information content (AvgIpc) is 2.26. The fourth-order valence-corrected chi connectivity index (χ4v) is 2.34. The Hall–Kier alpha value is -0.590. The van der Waals surface area contributed by atoms with Gasteiger partial charge in [-0.2, -0.15) is 8.42 Å². The van der Waals surface area contributed by atoms with Crippen LogP contribution in [0.25, 0.3) is 10.8 Å². The zero-order valence-electron chi connectivity index (χ0n) is 10.5. The van der Waals surface area contributed by atoms with Gasteiger partial charge >= 0.3 is 29.6 Å². The normalized spacial score (nSPS) is 10.9. The van der Waals surface area contributed by atoms with E-state index in [-0.39, 0.29) is 35.9 Å². The summed E-state index contributed by atoms with van der Waals surface area (Å²) in [6.45, 7) is 0. The molecule has 0 fully saturated rings. The number of methoxy groups -OCH3 is 1. The summed E-state index contributed by atoms with van der Waals surface area (Å²) >= 11 is 0. The predicted octanol–water partition coefficient (Wildman–Crippen LogP) is -0.788. The van der Waals surface area contributed by atoms with Crippen molar-refractivity contribution >= 4 is 20.9 Å². The van der Waals surface area contributed by atoms with Crippen LogP contribution in [-0.4, -0.2) is 20.1 Å². The number of benzene rings is 2. The van der Waals surface area contributed by atoms with Crippen molar-refractivity contribution in [3.05, 3.63) is 36.4 Å². The summed E-state index contributed by atoms with van der Waals surface area (Å²) in [5, 5.41) is 1.10. The molecule has 2 aromatic rings. The largest absolute Gasteiger partial charge is 1.00 e. The molecule has 0 amide bonds. The van der Waals surface area contributed by atoms with Gasteiger partial charge < -0.3 is 6.16 Å². The van der Waals surface area contributed by atoms with Gasteiger partial charge in [0, 0.05) is 10.8 Å². The first-order chi connectivity index (χ1) is 7.54. The molecule has 0 spiro atoms. The molecule has 0 aliphatic heterocycles. The molecule has 17 heavy (non-hydrogen) atoms. The summed E-state index contributed by atoms with van der Waals surface area (Å²) in [7, 11) is -2.70. The number of hydrogen-bond donors (Lipinski definition) is 1. The van der Waals surface area contributed by atoms with E-state index in [1.807, 2.05) is 0 Å². The van der Waals surface area contributed by atoms with E-state index in [4.69, 9.17) is 9.29 Å². The smallest absolute Gasteiger partial charge is 1.00 e. The van der Waals surface area contributed by atoms with Crippen LogP contribution in [0.5, 0.6) is 5.75 Å². The molecule has 0 bridgehead atoms. The third kappa shape index (κ3) is 2.81. The zero-order valence-corrected chi connectivity index (χ0v) is 12.4. The van der Waals surface area contributed by atoms with Crippen LogP contribution < -0.4 is 34.3 Å². The molecule has 0 aromatic heterocycles. The van der Waals surface area contributed by atoms with E-state index in [0.717, 1.165) is 0 Å². The van der Waals surface area contributed by atoms with E-state index in [9.17, 15) is 8.42 Å². The molecule has 1 N–H and O–H groups in total. The van der Waals surface area contributed by atoms with Crippen molar-refractivity contribution in [3.8, 4) is 5.75 Å². The molecule has 0 aliphatic carbocycles. The molecule has 0 saturated heterocycles. The van der Waals surface area contributed by atoms with Gasteiger partial charge in [0.05, 0.1) is 7.11 Å². The third-order valence-electron chi connectivity index (χ3n) is 2.34. The van der Waals surface area contributed by atoms with Crippen LogP contribution in [0.2, 0.25) is 0 Å². The van der Waals surface area contributed by atoms with E-state index in [0.29, 0.717) is 16.5 Å². The molecular formula is C11H11NaO4S. The SMILES string of the molecule is COc1ccc(S(=O)(=O)O)c2ccccc12.[H-].[Na+]. The van der Waals surface area contributed by atoms with E-state index < -0.39 is 10.1 Å². The maximum Gasteiger partial charge on any atom is 1.00 e. The Labute approximate surface area is 123 Å². The second kappa shape index (κ2) is 5.37. The second-order valence-corrected chi connectivity index (χ2v) is 4.68. The predicted molar refractivity (Wildman–Crippen MR) is 61.4 cm³/mol. The Morgan fingerprint density at radius 2 is 1.71 bits per heavy atom. The summed E-state index contributed by atoms with van der Waals surface area (Å²) in [6.07, 6.45) is 0. The molecule has 0 radical (unpaired) electrons. The van der Waals surface area contributed by atoms with Gasteiger partial charge in [-0.3, -0.25) is 4.55 Å². The van der Waals surface area contributed by atoms with E-state index in [2.05, 4.69) is 0 Å². The van der Waals surface area contributed by atoms with Gasteiger partial charge in [0.25, 0.3) is 10.1 Å². The van der Waals surface area contributed by atoms with Gasteiger partial charge in [0.2, 0.25) is 0 Å². The van der Waals surface area contributed by atoms with Crippen molar-refractivity contribution in [2.75, 3.05) is 7.11 Å². The first kappa shape index (κ1) is 14.5. The van der Waals surface area contributed by atoms with Crippen molar-refractivity contribution in [3.63, 3.8) is 0 Å². The zero-order chi connectivity index (χ0) is 11.8. The van der Waals surface area contributed by atoms with Crippen LogP contribution >= 0.6 is 0 Å². The van der Waals surface area contributed by atoms with Gasteiger partial charge in [-0.05, 0) is 12.1 Å². The molecule has 0 unspecified atom stereocenters.